The summed E-state index contributed by atoms with van der Waals surface area (Å²) in [5.74, 6) is 0.384. The van der Waals surface area contributed by atoms with E-state index >= 15 is 0 Å². The number of amides is 1. The molecule has 0 saturated carbocycles. The molecule has 0 fully saturated rings. The molecule has 0 spiro atoms. The number of aromatic amines is 1. The van der Waals surface area contributed by atoms with E-state index in [1.165, 1.54) is 0 Å². The van der Waals surface area contributed by atoms with Gasteiger partial charge in [-0.2, -0.15) is 0 Å². The molecule has 0 aliphatic heterocycles. The fraction of sp³-hybridized carbons (Fsp3) is 0.174. The molecule has 0 aliphatic carbocycles. The van der Waals surface area contributed by atoms with Crippen LogP contribution in [-0.2, 0) is 13.1 Å². The predicted molar refractivity (Wildman–Crippen MR) is 113 cm³/mol. The van der Waals surface area contributed by atoms with Gasteiger partial charge in [-0.05, 0) is 36.8 Å². The van der Waals surface area contributed by atoms with Crippen LogP contribution in [-0.4, -0.2) is 31.9 Å². The van der Waals surface area contributed by atoms with Gasteiger partial charge in [-0.15, -0.1) is 0 Å². The second kappa shape index (κ2) is 8.14. The molecule has 146 valence electrons. The van der Waals surface area contributed by atoms with Crippen LogP contribution in [0, 0.1) is 0 Å². The van der Waals surface area contributed by atoms with E-state index in [1.807, 2.05) is 72.3 Å². The number of nitrogens with zero attached hydrogens (tertiary/aromatic N) is 3. The Morgan fingerprint density at radius 1 is 1.03 bits per heavy atom. The maximum atomic E-state index is 13.2. The highest BCUT2D eigenvalue weighted by molar-refractivity contribution is 5.92. The summed E-state index contributed by atoms with van der Waals surface area (Å²) in [6.07, 6.45) is 1.91. The van der Waals surface area contributed by atoms with E-state index in [2.05, 4.69) is 9.97 Å². The topological polar surface area (TPSA) is 71.0 Å². The SMILES string of the molecule is CCN(Cc1nc2ccccc2c(=O)[nH]1)C(=O)c1cccn1Cc1ccccc1. The lowest BCUT2D eigenvalue weighted by Gasteiger charge is -2.21. The highest BCUT2D eigenvalue weighted by Crippen LogP contribution is 2.13. The van der Waals surface area contributed by atoms with Crippen LogP contribution in [0.3, 0.4) is 0 Å². The number of carbonyl (C=O) groups is 1. The van der Waals surface area contributed by atoms with Crippen molar-refractivity contribution >= 4 is 16.8 Å². The molecule has 2 heterocycles. The largest absolute Gasteiger partial charge is 0.339 e. The van der Waals surface area contributed by atoms with Crippen LogP contribution in [0.1, 0.15) is 28.8 Å². The van der Waals surface area contributed by atoms with E-state index in [0.717, 1.165) is 5.56 Å². The Labute approximate surface area is 168 Å². The molecule has 2 aromatic heterocycles. The van der Waals surface area contributed by atoms with Gasteiger partial charge < -0.3 is 14.5 Å². The Morgan fingerprint density at radius 3 is 2.59 bits per heavy atom. The van der Waals surface area contributed by atoms with Gasteiger partial charge in [-0.25, -0.2) is 4.98 Å². The van der Waals surface area contributed by atoms with Crippen LogP contribution >= 0.6 is 0 Å². The Balaban J connectivity index is 1.58. The fourth-order valence-corrected chi connectivity index (χ4v) is 3.41. The fourth-order valence-electron chi connectivity index (χ4n) is 3.41. The number of hydrogen-bond donors (Lipinski definition) is 1. The van der Waals surface area contributed by atoms with Crippen molar-refractivity contribution in [2.45, 2.75) is 20.0 Å². The monoisotopic (exact) mass is 386 g/mol. The maximum absolute atomic E-state index is 13.2. The summed E-state index contributed by atoms with van der Waals surface area (Å²) >= 11 is 0. The third kappa shape index (κ3) is 3.96. The number of hydrogen-bond acceptors (Lipinski definition) is 3. The third-order valence-corrected chi connectivity index (χ3v) is 4.92. The van der Waals surface area contributed by atoms with Crippen molar-refractivity contribution < 1.29 is 4.79 Å². The molecular weight excluding hydrogens is 364 g/mol. The van der Waals surface area contributed by atoms with Crippen molar-refractivity contribution in [1.82, 2.24) is 19.4 Å². The van der Waals surface area contributed by atoms with Crippen molar-refractivity contribution in [2.75, 3.05) is 6.54 Å². The number of aromatic nitrogens is 3. The molecule has 6 nitrogen and oxygen atoms in total. The quantitative estimate of drug-likeness (QED) is 0.552. The molecule has 1 amide bonds. The van der Waals surface area contributed by atoms with Crippen LogP contribution in [0.2, 0.25) is 0 Å². The summed E-state index contributed by atoms with van der Waals surface area (Å²) in [5.41, 5.74) is 2.17. The minimum Gasteiger partial charge on any atom is -0.339 e. The average Bonchev–Trinajstić information content (AvgIpc) is 3.20. The molecule has 0 bridgehead atoms. The lowest BCUT2D eigenvalue weighted by molar-refractivity contribution is 0.0738. The molecule has 2 aromatic carbocycles. The lowest BCUT2D eigenvalue weighted by Crippen LogP contribution is -2.33. The van der Waals surface area contributed by atoms with Crippen LogP contribution in [0.4, 0.5) is 0 Å². The van der Waals surface area contributed by atoms with Gasteiger partial charge >= 0.3 is 0 Å². The summed E-state index contributed by atoms with van der Waals surface area (Å²) in [5, 5.41) is 0.544. The number of H-pyrrole nitrogens is 1. The Morgan fingerprint density at radius 2 is 1.79 bits per heavy atom. The van der Waals surface area contributed by atoms with Crippen molar-refractivity contribution in [3.8, 4) is 0 Å². The number of para-hydroxylation sites is 1. The second-order valence-corrected chi connectivity index (χ2v) is 6.86. The molecule has 4 aromatic rings. The van der Waals surface area contributed by atoms with Gasteiger partial charge in [0.15, 0.2) is 0 Å². The number of fused-ring (bicyclic) bond motifs is 1. The summed E-state index contributed by atoms with van der Waals surface area (Å²) < 4.78 is 1.94. The third-order valence-electron chi connectivity index (χ3n) is 4.92. The molecule has 6 heteroatoms. The molecule has 0 atom stereocenters. The van der Waals surface area contributed by atoms with Crippen LogP contribution in [0.15, 0.2) is 77.7 Å². The Kier molecular flexibility index (Phi) is 5.24. The van der Waals surface area contributed by atoms with Gasteiger partial charge in [-0.3, -0.25) is 9.59 Å². The minimum absolute atomic E-state index is 0.0933. The van der Waals surface area contributed by atoms with E-state index in [0.29, 0.717) is 35.5 Å². The van der Waals surface area contributed by atoms with Gasteiger partial charge in [0.1, 0.15) is 11.5 Å². The number of nitrogens with one attached hydrogen (secondary N) is 1. The number of rotatable bonds is 6. The number of benzene rings is 2. The zero-order valence-electron chi connectivity index (χ0n) is 16.2. The van der Waals surface area contributed by atoms with Gasteiger partial charge in [0.25, 0.3) is 11.5 Å². The highest BCUT2D eigenvalue weighted by Gasteiger charge is 2.19. The second-order valence-electron chi connectivity index (χ2n) is 6.86. The normalized spacial score (nSPS) is 10.9. The lowest BCUT2D eigenvalue weighted by atomic mass is 10.2. The first-order chi connectivity index (χ1) is 14.2. The molecule has 0 saturated heterocycles. The van der Waals surface area contributed by atoms with E-state index in [1.54, 1.807) is 17.0 Å². The van der Waals surface area contributed by atoms with Crippen molar-refractivity contribution in [3.63, 3.8) is 0 Å². The van der Waals surface area contributed by atoms with Crippen molar-refractivity contribution in [3.05, 3.63) is 100 Å². The van der Waals surface area contributed by atoms with Crippen LogP contribution in [0.25, 0.3) is 10.9 Å². The summed E-state index contributed by atoms with van der Waals surface area (Å²) in [6, 6.07) is 20.9. The minimum atomic E-state index is -0.193. The Bertz CT molecular complexity index is 1190. The van der Waals surface area contributed by atoms with Gasteiger partial charge in [0, 0.05) is 19.3 Å². The highest BCUT2D eigenvalue weighted by atomic mass is 16.2. The summed E-state index contributed by atoms with van der Waals surface area (Å²) in [4.78, 5) is 34.5. The number of carbonyl (C=O) groups excluding carboxylic acids is 1. The molecule has 0 aliphatic rings. The zero-order valence-corrected chi connectivity index (χ0v) is 16.2. The van der Waals surface area contributed by atoms with Gasteiger partial charge in [-0.1, -0.05) is 42.5 Å². The van der Waals surface area contributed by atoms with Crippen LogP contribution < -0.4 is 5.56 Å². The molecule has 0 radical (unpaired) electrons. The van der Waals surface area contributed by atoms with E-state index in [9.17, 15) is 9.59 Å². The molecular formula is C23H22N4O2. The smallest absolute Gasteiger partial charge is 0.270 e. The van der Waals surface area contributed by atoms with E-state index in [-0.39, 0.29) is 18.0 Å². The average molecular weight is 386 g/mol. The van der Waals surface area contributed by atoms with Crippen molar-refractivity contribution in [1.29, 1.82) is 0 Å². The van der Waals surface area contributed by atoms with Gasteiger partial charge in [0.2, 0.25) is 0 Å². The van der Waals surface area contributed by atoms with E-state index < -0.39 is 0 Å². The Hall–Kier alpha value is -3.67. The van der Waals surface area contributed by atoms with E-state index in [4.69, 9.17) is 0 Å². The van der Waals surface area contributed by atoms with Gasteiger partial charge in [0.05, 0.1) is 17.4 Å². The molecule has 0 unspecified atom stereocenters. The standard InChI is InChI=1S/C23H22N4O2/c1-2-26(16-21-24-19-12-7-6-11-18(19)22(28)25-21)23(29)20-13-8-14-27(20)15-17-9-4-3-5-10-17/h3-14H,2,15-16H2,1H3,(H,24,25,28). The zero-order chi connectivity index (χ0) is 20.2. The predicted octanol–water partition coefficient (Wildman–Crippen LogP) is 3.44. The van der Waals surface area contributed by atoms with Crippen molar-refractivity contribution in [2.24, 2.45) is 0 Å². The first kappa shape index (κ1) is 18.7. The molecule has 4 rings (SSSR count). The molecule has 1 N–H and O–H groups in total. The first-order valence-corrected chi connectivity index (χ1v) is 9.62. The van der Waals surface area contributed by atoms with Crippen LogP contribution in [0.5, 0.6) is 0 Å². The molecule has 29 heavy (non-hydrogen) atoms. The summed E-state index contributed by atoms with van der Waals surface area (Å²) in [7, 11) is 0. The summed E-state index contributed by atoms with van der Waals surface area (Å²) in [6.45, 7) is 3.29. The first-order valence-electron chi connectivity index (χ1n) is 9.62. The maximum Gasteiger partial charge on any atom is 0.270 e.